The van der Waals surface area contributed by atoms with E-state index in [0.717, 1.165) is 27.7 Å². The smallest absolute Gasteiger partial charge is 0.111 e. The molecule has 84 valence electrons. The minimum absolute atomic E-state index is 0.727. The summed E-state index contributed by atoms with van der Waals surface area (Å²) >= 11 is 11.4. The van der Waals surface area contributed by atoms with Gasteiger partial charge in [0, 0.05) is 22.7 Å². The van der Waals surface area contributed by atoms with E-state index in [1.807, 2.05) is 24.3 Å². The lowest BCUT2D eigenvalue weighted by molar-refractivity contribution is 1.20. The Morgan fingerprint density at radius 2 is 1.88 bits per heavy atom. The summed E-state index contributed by atoms with van der Waals surface area (Å²) in [7, 11) is 0. The molecule has 17 heavy (non-hydrogen) atoms. The van der Waals surface area contributed by atoms with Crippen LogP contribution < -0.4 is 5.32 Å². The highest BCUT2D eigenvalue weighted by Gasteiger charge is 2.15. The van der Waals surface area contributed by atoms with E-state index in [1.54, 1.807) is 0 Å². The highest BCUT2D eigenvalue weighted by molar-refractivity contribution is 7.81. The van der Waals surface area contributed by atoms with Crippen LogP contribution in [0.4, 0.5) is 5.69 Å². The van der Waals surface area contributed by atoms with Gasteiger partial charge in [0.1, 0.15) is 4.99 Å². The Kier molecular flexibility index (Phi) is 2.61. The van der Waals surface area contributed by atoms with Gasteiger partial charge in [-0.15, -0.1) is 0 Å². The van der Waals surface area contributed by atoms with Crippen LogP contribution in [0.5, 0.6) is 0 Å². The first-order chi connectivity index (χ1) is 8.24. The van der Waals surface area contributed by atoms with Gasteiger partial charge in [0.25, 0.3) is 0 Å². The van der Waals surface area contributed by atoms with Gasteiger partial charge in [-0.2, -0.15) is 0 Å². The number of benzene rings is 2. The maximum absolute atomic E-state index is 6.01. The van der Waals surface area contributed by atoms with Crippen molar-refractivity contribution in [3.63, 3.8) is 0 Å². The molecule has 1 aliphatic heterocycles. The van der Waals surface area contributed by atoms with Gasteiger partial charge in [0.2, 0.25) is 0 Å². The third-order valence-electron chi connectivity index (χ3n) is 2.96. The third kappa shape index (κ3) is 1.94. The second-order valence-electron chi connectivity index (χ2n) is 4.09. The second kappa shape index (κ2) is 4.13. The Balaban J connectivity index is 2.17. The number of hydrogen-bond acceptors (Lipinski definition) is 1. The number of fused-ring (bicyclic) bond motifs is 2. The topological polar surface area (TPSA) is 12.0 Å². The Bertz CT molecular complexity index is 607. The summed E-state index contributed by atoms with van der Waals surface area (Å²) < 4.78 is 0. The molecule has 0 bridgehead atoms. The quantitative estimate of drug-likeness (QED) is 0.717. The largest absolute Gasteiger partial charge is 0.346 e. The van der Waals surface area contributed by atoms with Crippen molar-refractivity contribution in [3.8, 4) is 0 Å². The van der Waals surface area contributed by atoms with Crippen molar-refractivity contribution in [2.24, 2.45) is 0 Å². The first kappa shape index (κ1) is 10.8. The lowest BCUT2D eigenvalue weighted by atomic mass is 10.0. The van der Waals surface area contributed by atoms with Crippen LogP contribution in [0.3, 0.4) is 0 Å². The standard InChI is InChI=1S/C14H10ClNS/c15-11-6-5-10-7-9-3-1-2-4-12(9)14(17)16-13(10)8-11/h1-6,8H,7H2,(H,16,17). The predicted molar refractivity (Wildman–Crippen MR) is 76.0 cm³/mol. The van der Waals surface area contributed by atoms with Gasteiger partial charge in [-0.3, -0.25) is 0 Å². The Morgan fingerprint density at radius 1 is 1.06 bits per heavy atom. The van der Waals surface area contributed by atoms with Gasteiger partial charge < -0.3 is 5.32 Å². The maximum Gasteiger partial charge on any atom is 0.111 e. The zero-order valence-corrected chi connectivity index (χ0v) is 10.6. The minimum Gasteiger partial charge on any atom is -0.346 e. The Labute approximate surface area is 110 Å². The van der Waals surface area contributed by atoms with Crippen molar-refractivity contribution >= 4 is 34.5 Å². The second-order valence-corrected chi connectivity index (χ2v) is 4.93. The van der Waals surface area contributed by atoms with Gasteiger partial charge in [0.15, 0.2) is 0 Å². The molecule has 2 aromatic rings. The molecule has 0 saturated carbocycles. The van der Waals surface area contributed by atoms with E-state index in [2.05, 4.69) is 23.5 Å². The van der Waals surface area contributed by atoms with Gasteiger partial charge >= 0.3 is 0 Å². The molecule has 0 aliphatic carbocycles. The highest BCUT2D eigenvalue weighted by Crippen LogP contribution is 2.28. The predicted octanol–water partition coefficient (Wildman–Crippen LogP) is 4.03. The van der Waals surface area contributed by atoms with E-state index in [-0.39, 0.29) is 0 Å². The molecule has 0 aromatic heterocycles. The molecule has 3 rings (SSSR count). The minimum atomic E-state index is 0.727. The Morgan fingerprint density at radius 3 is 2.76 bits per heavy atom. The van der Waals surface area contributed by atoms with E-state index in [9.17, 15) is 0 Å². The van der Waals surface area contributed by atoms with Crippen LogP contribution in [0.25, 0.3) is 0 Å². The molecular weight excluding hydrogens is 250 g/mol. The molecule has 2 aromatic carbocycles. The fourth-order valence-electron chi connectivity index (χ4n) is 2.11. The molecule has 0 spiro atoms. The Hall–Kier alpha value is -1.38. The molecular formula is C14H10ClNS. The molecule has 1 N–H and O–H groups in total. The van der Waals surface area contributed by atoms with Crippen molar-refractivity contribution in [1.82, 2.24) is 0 Å². The van der Waals surface area contributed by atoms with Gasteiger partial charge in [-0.05, 0) is 23.3 Å². The van der Waals surface area contributed by atoms with E-state index >= 15 is 0 Å². The molecule has 1 aliphatic rings. The van der Waals surface area contributed by atoms with Crippen LogP contribution in [0.15, 0.2) is 42.5 Å². The molecule has 1 heterocycles. The summed E-state index contributed by atoms with van der Waals surface area (Å²) in [6.07, 6.45) is 0.885. The summed E-state index contributed by atoms with van der Waals surface area (Å²) in [4.78, 5) is 0.765. The first-order valence-electron chi connectivity index (χ1n) is 5.42. The third-order valence-corrected chi connectivity index (χ3v) is 3.52. The summed E-state index contributed by atoms with van der Waals surface area (Å²) in [6.45, 7) is 0. The van der Waals surface area contributed by atoms with Crippen molar-refractivity contribution in [2.45, 2.75) is 6.42 Å². The molecule has 0 unspecified atom stereocenters. The van der Waals surface area contributed by atoms with Gasteiger partial charge in [-0.25, -0.2) is 0 Å². The summed E-state index contributed by atoms with van der Waals surface area (Å²) in [5, 5.41) is 3.99. The number of thiocarbonyl (C=S) groups is 1. The van der Waals surface area contributed by atoms with Crippen LogP contribution in [0.1, 0.15) is 16.7 Å². The first-order valence-corrected chi connectivity index (χ1v) is 6.20. The molecule has 1 nitrogen and oxygen atoms in total. The van der Waals surface area contributed by atoms with Crippen LogP contribution in [-0.4, -0.2) is 4.99 Å². The normalized spacial score (nSPS) is 13.4. The van der Waals surface area contributed by atoms with E-state index in [4.69, 9.17) is 23.8 Å². The van der Waals surface area contributed by atoms with Gasteiger partial charge in [-0.1, -0.05) is 54.2 Å². The average molecular weight is 260 g/mol. The van der Waals surface area contributed by atoms with Crippen LogP contribution in [-0.2, 0) is 6.42 Å². The van der Waals surface area contributed by atoms with Gasteiger partial charge in [0.05, 0.1) is 0 Å². The zero-order chi connectivity index (χ0) is 11.8. The van der Waals surface area contributed by atoms with E-state index in [0.29, 0.717) is 0 Å². The maximum atomic E-state index is 6.01. The summed E-state index contributed by atoms with van der Waals surface area (Å²) in [5.41, 5.74) is 4.60. The molecule has 3 heteroatoms. The van der Waals surface area contributed by atoms with Crippen LogP contribution in [0.2, 0.25) is 5.02 Å². The summed E-state index contributed by atoms with van der Waals surface area (Å²) in [6, 6.07) is 14.1. The van der Waals surface area contributed by atoms with Crippen LogP contribution in [0, 0.1) is 0 Å². The van der Waals surface area contributed by atoms with Crippen LogP contribution >= 0.6 is 23.8 Å². The zero-order valence-electron chi connectivity index (χ0n) is 9.03. The fourth-order valence-corrected chi connectivity index (χ4v) is 2.59. The fraction of sp³-hybridized carbons (Fsp3) is 0.0714. The highest BCUT2D eigenvalue weighted by atomic mass is 35.5. The van der Waals surface area contributed by atoms with E-state index in [1.165, 1.54) is 11.1 Å². The molecule has 0 saturated heterocycles. The lowest BCUT2D eigenvalue weighted by Gasteiger charge is -2.07. The molecule has 0 fully saturated rings. The number of rotatable bonds is 0. The van der Waals surface area contributed by atoms with E-state index < -0.39 is 0 Å². The van der Waals surface area contributed by atoms with Crippen molar-refractivity contribution in [1.29, 1.82) is 0 Å². The summed E-state index contributed by atoms with van der Waals surface area (Å²) in [5.74, 6) is 0. The average Bonchev–Trinajstić information content (AvgIpc) is 2.46. The SMILES string of the molecule is S=C1Nc2cc(Cl)ccc2Cc2ccccc21. The molecule has 0 atom stereocenters. The number of halogens is 1. The van der Waals surface area contributed by atoms with Crippen molar-refractivity contribution in [2.75, 3.05) is 5.32 Å². The van der Waals surface area contributed by atoms with Crippen molar-refractivity contribution < 1.29 is 0 Å². The van der Waals surface area contributed by atoms with Crippen molar-refractivity contribution in [3.05, 3.63) is 64.2 Å². The molecule has 0 amide bonds. The number of nitrogens with one attached hydrogen (secondary N) is 1. The molecule has 0 radical (unpaired) electrons. The number of hydrogen-bond donors (Lipinski definition) is 1. The number of anilines is 1. The lowest BCUT2D eigenvalue weighted by Crippen LogP contribution is -2.10. The monoisotopic (exact) mass is 259 g/mol.